The van der Waals surface area contributed by atoms with E-state index in [0.717, 1.165) is 12.6 Å². The molecule has 2 heterocycles. The minimum Gasteiger partial charge on any atom is -0.348 e. The summed E-state index contributed by atoms with van der Waals surface area (Å²) in [6, 6.07) is 0.780. The van der Waals surface area contributed by atoms with Crippen LogP contribution in [0.1, 0.15) is 62.4 Å². The summed E-state index contributed by atoms with van der Waals surface area (Å²) in [5.41, 5.74) is 1.35. The van der Waals surface area contributed by atoms with Gasteiger partial charge in [0.25, 0.3) is 0 Å². The molecule has 0 bridgehead atoms. The number of aromatic nitrogens is 1. The molecule has 0 radical (unpaired) electrons. The van der Waals surface area contributed by atoms with E-state index in [2.05, 4.69) is 24.1 Å². The molecule has 0 amide bonds. The Morgan fingerprint density at radius 2 is 2.11 bits per heavy atom. The normalized spacial score (nSPS) is 21.1. The molecule has 1 aliphatic heterocycles. The first-order valence-corrected chi connectivity index (χ1v) is 8.57. The summed E-state index contributed by atoms with van der Waals surface area (Å²) < 4.78 is 0. The van der Waals surface area contributed by atoms with Crippen LogP contribution in [0.2, 0.25) is 0 Å². The van der Waals surface area contributed by atoms with Gasteiger partial charge in [-0.25, -0.2) is 4.98 Å². The van der Waals surface area contributed by atoms with E-state index < -0.39 is 0 Å². The number of nitrogens with one attached hydrogen (secondary N) is 1. The van der Waals surface area contributed by atoms with Gasteiger partial charge in [-0.1, -0.05) is 13.8 Å². The van der Waals surface area contributed by atoms with Crippen LogP contribution in [0.15, 0.2) is 0 Å². The molecule has 2 aliphatic rings. The first-order chi connectivity index (χ1) is 9.28. The van der Waals surface area contributed by atoms with Crippen LogP contribution >= 0.6 is 11.3 Å². The number of hydrogen-bond donors (Lipinski definition) is 1. The van der Waals surface area contributed by atoms with Crippen molar-refractivity contribution in [3.63, 3.8) is 0 Å². The third kappa shape index (κ3) is 3.11. The van der Waals surface area contributed by atoms with Gasteiger partial charge in [0.1, 0.15) is 0 Å². The van der Waals surface area contributed by atoms with Gasteiger partial charge in [-0.05, 0) is 38.0 Å². The van der Waals surface area contributed by atoms with Crippen molar-refractivity contribution in [3.8, 4) is 0 Å². The average molecular weight is 279 g/mol. The molecule has 1 aliphatic carbocycles. The number of nitrogens with zero attached hydrogens (tertiary/aromatic N) is 2. The molecule has 1 unspecified atom stereocenters. The van der Waals surface area contributed by atoms with Gasteiger partial charge in [0.15, 0.2) is 5.13 Å². The van der Waals surface area contributed by atoms with Crippen molar-refractivity contribution in [2.45, 2.75) is 64.5 Å². The lowest BCUT2D eigenvalue weighted by molar-refractivity contribution is 0.660. The van der Waals surface area contributed by atoms with Crippen molar-refractivity contribution in [1.82, 2.24) is 10.3 Å². The first kappa shape index (κ1) is 13.4. The zero-order chi connectivity index (χ0) is 13.2. The van der Waals surface area contributed by atoms with E-state index in [1.54, 1.807) is 0 Å². The molecule has 1 N–H and O–H groups in total. The maximum absolute atomic E-state index is 4.97. The lowest BCUT2D eigenvalue weighted by Gasteiger charge is -2.12. The molecule has 3 nitrogen and oxygen atoms in total. The van der Waals surface area contributed by atoms with Crippen LogP contribution in [0.25, 0.3) is 0 Å². The Labute approximate surface area is 120 Å². The van der Waals surface area contributed by atoms with Crippen LogP contribution in [-0.2, 0) is 6.54 Å². The highest BCUT2D eigenvalue weighted by Crippen LogP contribution is 2.34. The Balaban J connectivity index is 1.76. The zero-order valence-corrected chi connectivity index (χ0v) is 12.9. The van der Waals surface area contributed by atoms with Gasteiger partial charge in [0.2, 0.25) is 0 Å². The monoisotopic (exact) mass is 279 g/mol. The lowest BCUT2D eigenvalue weighted by Crippen LogP contribution is -2.17. The average Bonchev–Trinajstić information content (AvgIpc) is 2.94. The van der Waals surface area contributed by atoms with Gasteiger partial charge in [-0.2, -0.15) is 0 Å². The molecular formula is C15H25N3S. The van der Waals surface area contributed by atoms with Crippen LogP contribution < -0.4 is 10.2 Å². The van der Waals surface area contributed by atoms with Crippen LogP contribution in [0.5, 0.6) is 0 Å². The molecule has 4 heteroatoms. The van der Waals surface area contributed by atoms with Crippen molar-refractivity contribution in [3.05, 3.63) is 10.6 Å². The molecule has 0 spiro atoms. The summed E-state index contributed by atoms with van der Waals surface area (Å²) in [6.07, 6.45) is 6.55. The highest BCUT2D eigenvalue weighted by Gasteiger charge is 2.24. The summed E-state index contributed by atoms with van der Waals surface area (Å²) >= 11 is 1.92. The molecule has 19 heavy (non-hydrogen) atoms. The fourth-order valence-corrected chi connectivity index (χ4v) is 3.81. The van der Waals surface area contributed by atoms with Crippen molar-refractivity contribution in [2.75, 3.05) is 18.0 Å². The molecule has 106 valence electrons. The molecule has 1 saturated carbocycles. The van der Waals surface area contributed by atoms with Crippen molar-refractivity contribution < 1.29 is 0 Å². The number of anilines is 1. The Morgan fingerprint density at radius 1 is 1.37 bits per heavy atom. The van der Waals surface area contributed by atoms with Crippen molar-refractivity contribution in [1.29, 1.82) is 0 Å². The van der Waals surface area contributed by atoms with Crippen molar-refractivity contribution in [2.24, 2.45) is 0 Å². The van der Waals surface area contributed by atoms with Gasteiger partial charge in [0, 0.05) is 30.6 Å². The van der Waals surface area contributed by atoms with Gasteiger partial charge in [-0.15, -0.1) is 11.3 Å². The van der Waals surface area contributed by atoms with Crippen LogP contribution in [-0.4, -0.2) is 24.1 Å². The predicted octanol–water partition coefficient (Wildman–Crippen LogP) is 3.51. The van der Waals surface area contributed by atoms with E-state index in [4.69, 9.17) is 4.98 Å². The molecule has 0 aromatic carbocycles. The van der Waals surface area contributed by atoms with Gasteiger partial charge >= 0.3 is 0 Å². The Hall–Kier alpha value is -0.610. The lowest BCUT2D eigenvalue weighted by atomic mass is 10.0. The molecule has 1 aromatic heterocycles. The molecular weight excluding hydrogens is 254 g/mol. The summed E-state index contributed by atoms with van der Waals surface area (Å²) in [7, 11) is 0. The number of thiazole rings is 1. The van der Waals surface area contributed by atoms with Crippen LogP contribution in [0.4, 0.5) is 5.13 Å². The molecule has 1 aromatic rings. The molecule has 3 rings (SSSR count). The third-order valence-corrected chi connectivity index (χ3v) is 5.43. The fraction of sp³-hybridized carbons (Fsp3) is 0.800. The van der Waals surface area contributed by atoms with Crippen molar-refractivity contribution >= 4 is 16.5 Å². The van der Waals surface area contributed by atoms with E-state index >= 15 is 0 Å². The molecule has 1 atom stereocenters. The summed E-state index contributed by atoms with van der Waals surface area (Å²) in [4.78, 5) is 8.91. The summed E-state index contributed by atoms with van der Waals surface area (Å²) in [5.74, 6) is 0.587. The third-order valence-electron chi connectivity index (χ3n) is 4.30. The topological polar surface area (TPSA) is 28.2 Å². The second kappa shape index (κ2) is 5.80. The van der Waals surface area contributed by atoms with Crippen LogP contribution in [0, 0.1) is 0 Å². The SMILES string of the molecule is CCC(C)c1nc(N2CCCC2)sc1CNC1CC1. The minimum atomic E-state index is 0.587. The zero-order valence-electron chi connectivity index (χ0n) is 12.1. The summed E-state index contributed by atoms with van der Waals surface area (Å²) in [5, 5.41) is 4.91. The number of hydrogen-bond acceptors (Lipinski definition) is 4. The molecule has 2 fully saturated rings. The Morgan fingerprint density at radius 3 is 2.74 bits per heavy atom. The fourth-order valence-electron chi connectivity index (χ4n) is 2.62. The largest absolute Gasteiger partial charge is 0.348 e. The predicted molar refractivity (Wildman–Crippen MR) is 82.1 cm³/mol. The molecule has 1 saturated heterocycles. The van der Waals surface area contributed by atoms with E-state index in [-0.39, 0.29) is 0 Å². The van der Waals surface area contributed by atoms with E-state index in [1.165, 1.54) is 60.9 Å². The quantitative estimate of drug-likeness (QED) is 0.863. The second-order valence-electron chi connectivity index (χ2n) is 5.96. The highest BCUT2D eigenvalue weighted by atomic mass is 32.1. The Bertz CT molecular complexity index is 419. The highest BCUT2D eigenvalue weighted by molar-refractivity contribution is 7.15. The van der Waals surface area contributed by atoms with E-state index in [0.29, 0.717) is 5.92 Å². The van der Waals surface area contributed by atoms with Gasteiger partial charge < -0.3 is 10.2 Å². The van der Waals surface area contributed by atoms with Gasteiger partial charge in [0.05, 0.1) is 5.69 Å². The van der Waals surface area contributed by atoms with Crippen LogP contribution in [0.3, 0.4) is 0 Å². The van der Waals surface area contributed by atoms with E-state index in [9.17, 15) is 0 Å². The first-order valence-electron chi connectivity index (χ1n) is 7.76. The minimum absolute atomic E-state index is 0.587. The number of rotatable bonds is 6. The second-order valence-corrected chi connectivity index (χ2v) is 7.03. The van der Waals surface area contributed by atoms with Gasteiger partial charge in [-0.3, -0.25) is 0 Å². The maximum Gasteiger partial charge on any atom is 0.185 e. The maximum atomic E-state index is 4.97. The summed E-state index contributed by atoms with van der Waals surface area (Å²) in [6.45, 7) is 7.99. The smallest absolute Gasteiger partial charge is 0.185 e. The standard InChI is InChI=1S/C15H25N3S/c1-3-11(2)14-13(10-16-12-6-7-12)19-15(17-14)18-8-4-5-9-18/h11-12,16H,3-10H2,1-2H3. The van der Waals surface area contributed by atoms with E-state index in [1.807, 2.05) is 11.3 Å². The Kier molecular flexibility index (Phi) is 4.08.